The zero-order chi connectivity index (χ0) is 24.3. The number of urea groups is 2. The van der Waals surface area contributed by atoms with Gasteiger partial charge in [0.2, 0.25) is 11.4 Å². The molecule has 1 atom stereocenters. The van der Waals surface area contributed by atoms with Gasteiger partial charge in [-0.15, -0.1) is 0 Å². The molecule has 4 aliphatic carbocycles. The highest BCUT2D eigenvalue weighted by atomic mass is 19.4. The SMILES string of the molecule is O=C(CN1C(=O)NC(c2ccccc2)(C(F)(F)F)C1=O)NC(=O)NC12CC3CC(CC(C3)C1)C2. The Kier molecular flexibility index (Phi) is 5.14. The summed E-state index contributed by atoms with van der Waals surface area (Å²) in [7, 11) is 0. The number of nitrogens with zero attached hydrogens (tertiary/aromatic N) is 1. The highest BCUT2D eigenvalue weighted by molar-refractivity contribution is 6.10. The summed E-state index contributed by atoms with van der Waals surface area (Å²) in [5.41, 5.74) is -4.14. The van der Waals surface area contributed by atoms with Gasteiger partial charge in [0, 0.05) is 5.54 Å². The molecule has 3 N–H and O–H groups in total. The minimum atomic E-state index is -5.15. The van der Waals surface area contributed by atoms with E-state index in [9.17, 15) is 32.3 Å². The first kappa shape index (κ1) is 22.7. The molecule has 6 amide bonds. The second-order valence-electron chi connectivity index (χ2n) is 10.1. The molecule has 1 heterocycles. The zero-order valence-corrected chi connectivity index (χ0v) is 18.3. The molecule has 11 heteroatoms. The summed E-state index contributed by atoms with van der Waals surface area (Å²) in [6.07, 6.45) is 0.876. The maximum atomic E-state index is 14.0. The van der Waals surface area contributed by atoms with Crippen molar-refractivity contribution in [2.24, 2.45) is 17.8 Å². The molecule has 0 aromatic heterocycles. The number of carbonyl (C=O) groups is 4. The van der Waals surface area contributed by atoms with Crippen LogP contribution < -0.4 is 16.0 Å². The number of amides is 6. The van der Waals surface area contributed by atoms with Crippen molar-refractivity contribution < 1.29 is 32.3 Å². The van der Waals surface area contributed by atoms with Crippen LogP contribution in [-0.4, -0.2) is 47.0 Å². The van der Waals surface area contributed by atoms with Crippen LogP contribution in [0.1, 0.15) is 44.1 Å². The zero-order valence-electron chi connectivity index (χ0n) is 18.3. The Morgan fingerprint density at radius 1 is 1.00 bits per heavy atom. The largest absolute Gasteiger partial charge is 0.425 e. The molecule has 5 aliphatic rings. The lowest BCUT2D eigenvalue weighted by molar-refractivity contribution is -0.198. The molecule has 8 nitrogen and oxygen atoms in total. The molecular formula is C23H25F3N4O4. The maximum absolute atomic E-state index is 14.0. The molecule has 5 fully saturated rings. The number of hydrogen-bond donors (Lipinski definition) is 3. The molecule has 1 aliphatic heterocycles. The third-order valence-electron chi connectivity index (χ3n) is 7.71. The lowest BCUT2D eigenvalue weighted by atomic mass is 9.53. The average Bonchev–Trinajstić information content (AvgIpc) is 2.98. The fourth-order valence-corrected chi connectivity index (χ4v) is 6.80. The number of benzene rings is 1. The van der Waals surface area contributed by atoms with Crippen LogP contribution in [0, 0.1) is 17.8 Å². The van der Waals surface area contributed by atoms with Gasteiger partial charge in [-0.1, -0.05) is 30.3 Å². The molecule has 0 radical (unpaired) electrons. The van der Waals surface area contributed by atoms with Gasteiger partial charge in [-0.05, 0) is 61.8 Å². The quantitative estimate of drug-likeness (QED) is 0.579. The fourth-order valence-electron chi connectivity index (χ4n) is 6.80. The van der Waals surface area contributed by atoms with E-state index in [4.69, 9.17) is 0 Å². The Balaban J connectivity index is 1.26. The van der Waals surface area contributed by atoms with E-state index in [1.807, 2.05) is 0 Å². The summed E-state index contributed by atoms with van der Waals surface area (Å²) in [5.74, 6) is -0.991. The van der Waals surface area contributed by atoms with Crippen LogP contribution in [0.4, 0.5) is 22.8 Å². The summed E-state index contributed by atoms with van der Waals surface area (Å²) in [4.78, 5) is 50.4. The van der Waals surface area contributed by atoms with E-state index in [-0.39, 0.29) is 10.4 Å². The summed E-state index contributed by atoms with van der Waals surface area (Å²) in [5, 5.41) is 6.72. The van der Waals surface area contributed by atoms with Crippen molar-refractivity contribution in [2.45, 2.75) is 55.8 Å². The lowest BCUT2D eigenvalue weighted by Gasteiger charge is -2.56. The van der Waals surface area contributed by atoms with Gasteiger partial charge < -0.3 is 10.6 Å². The van der Waals surface area contributed by atoms with E-state index in [0.29, 0.717) is 17.8 Å². The molecule has 182 valence electrons. The number of nitrogens with one attached hydrogen (secondary N) is 3. The third kappa shape index (κ3) is 3.61. The molecule has 34 heavy (non-hydrogen) atoms. The summed E-state index contributed by atoms with van der Waals surface area (Å²) in [6.45, 7) is -1.01. The molecule has 1 saturated heterocycles. The van der Waals surface area contributed by atoms with Crippen LogP contribution in [0.2, 0.25) is 0 Å². The Morgan fingerprint density at radius 2 is 1.56 bits per heavy atom. The first-order valence-corrected chi connectivity index (χ1v) is 11.4. The molecular weight excluding hydrogens is 453 g/mol. The third-order valence-corrected chi connectivity index (χ3v) is 7.71. The molecule has 1 aromatic carbocycles. The Hall–Kier alpha value is -3.11. The number of hydrogen-bond acceptors (Lipinski definition) is 4. The molecule has 1 aromatic rings. The Labute approximate surface area is 193 Å². The fraction of sp³-hybridized carbons (Fsp3) is 0.565. The topological polar surface area (TPSA) is 108 Å². The van der Waals surface area contributed by atoms with Gasteiger partial charge in [-0.25, -0.2) is 9.59 Å². The summed E-state index contributed by atoms with van der Waals surface area (Å²) in [6, 6.07) is 4.14. The number of alkyl halides is 3. The predicted octanol–water partition coefficient (Wildman–Crippen LogP) is 2.79. The van der Waals surface area contributed by atoms with Gasteiger partial charge in [-0.3, -0.25) is 19.8 Å². The average molecular weight is 478 g/mol. The van der Waals surface area contributed by atoms with Gasteiger partial charge in [0.15, 0.2) is 0 Å². The highest BCUT2D eigenvalue weighted by Gasteiger charge is 2.68. The highest BCUT2D eigenvalue weighted by Crippen LogP contribution is 2.55. The first-order valence-electron chi connectivity index (χ1n) is 11.4. The van der Waals surface area contributed by atoms with Crippen LogP contribution in [0.5, 0.6) is 0 Å². The van der Waals surface area contributed by atoms with E-state index >= 15 is 0 Å². The second-order valence-corrected chi connectivity index (χ2v) is 10.1. The van der Waals surface area contributed by atoms with Crippen LogP contribution in [0.25, 0.3) is 0 Å². The van der Waals surface area contributed by atoms with Crippen molar-refractivity contribution >= 4 is 23.9 Å². The van der Waals surface area contributed by atoms with Crippen molar-refractivity contribution in [3.8, 4) is 0 Å². The van der Waals surface area contributed by atoms with E-state index in [2.05, 4.69) is 10.6 Å². The van der Waals surface area contributed by atoms with Crippen LogP contribution in [-0.2, 0) is 15.1 Å². The maximum Gasteiger partial charge on any atom is 0.425 e. The van der Waals surface area contributed by atoms with Crippen molar-refractivity contribution in [1.29, 1.82) is 0 Å². The van der Waals surface area contributed by atoms with Gasteiger partial charge in [0.05, 0.1) is 0 Å². The number of halogens is 3. The smallest absolute Gasteiger partial charge is 0.332 e. The summed E-state index contributed by atoms with van der Waals surface area (Å²) >= 11 is 0. The monoisotopic (exact) mass is 478 g/mol. The van der Waals surface area contributed by atoms with Crippen molar-refractivity contribution in [2.75, 3.05) is 6.54 Å². The van der Waals surface area contributed by atoms with E-state index in [0.717, 1.165) is 50.7 Å². The van der Waals surface area contributed by atoms with Gasteiger partial charge in [0.25, 0.3) is 5.91 Å². The van der Waals surface area contributed by atoms with E-state index in [1.165, 1.54) is 18.2 Å². The Morgan fingerprint density at radius 3 is 2.09 bits per heavy atom. The van der Waals surface area contributed by atoms with E-state index in [1.54, 1.807) is 5.32 Å². The number of imide groups is 2. The van der Waals surface area contributed by atoms with E-state index < -0.39 is 47.7 Å². The second kappa shape index (κ2) is 7.71. The summed E-state index contributed by atoms with van der Waals surface area (Å²) < 4.78 is 42.1. The minimum Gasteiger partial charge on any atom is -0.332 e. The van der Waals surface area contributed by atoms with Crippen LogP contribution in [0.15, 0.2) is 30.3 Å². The van der Waals surface area contributed by atoms with Gasteiger partial charge in [0.1, 0.15) is 6.54 Å². The van der Waals surface area contributed by atoms with Gasteiger partial charge >= 0.3 is 18.2 Å². The van der Waals surface area contributed by atoms with Crippen molar-refractivity contribution in [3.63, 3.8) is 0 Å². The van der Waals surface area contributed by atoms with Gasteiger partial charge in [-0.2, -0.15) is 13.2 Å². The van der Waals surface area contributed by atoms with Crippen LogP contribution >= 0.6 is 0 Å². The number of rotatable bonds is 4. The minimum absolute atomic E-state index is 0.188. The van der Waals surface area contributed by atoms with Crippen molar-refractivity contribution in [1.82, 2.24) is 20.9 Å². The van der Waals surface area contributed by atoms with Crippen molar-refractivity contribution in [3.05, 3.63) is 35.9 Å². The molecule has 4 saturated carbocycles. The number of carbonyl (C=O) groups excluding carboxylic acids is 4. The molecule has 6 rings (SSSR count). The predicted molar refractivity (Wildman–Crippen MR) is 112 cm³/mol. The lowest BCUT2D eigenvalue weighted by Crippen LogP contribution is -2.62. The Bertz CT molecular complexity index is 1010. The molecule has 0 spiro atoms. The standard InChI is InChI=1S/C23H25F3N4O4/c24-23(25,26)22(16-4-2-1-3-5-16)18(32)30(20(34)29-22)12-17(31)27-19(33)28-21-9-13-6-14(10-21)8-15(7-13)11-21/h1-5,13-15H,6-12H2,(H,29,34)(H2,27,28,31,33). The normalized spacial score (nSPS) is 34.2. The van der Waals surface area contributed by atoms with Crippen LogP contribution in [0.3, 0.4) is 0 Å². The first-order chi connectivity index (χ1) is 16.0. The molecule has 4 bridgehead atoms. The molecule has 1 unspecified atom stereocenters.